The van der Waals surface area contributed by atoms with Gasteiger partial charge in [0.2, 0.25) is 5.88 Å². The number of hydrogen-bond acceptors (Lipinski definition) is 4. The molecule has 1 fully saturated rings. The summed E-state index contributed by atoms with van der Waals surface area (Å²) in [5, 5.41) is 2.89. The first-order chi connectivity index (χ1) is 10.6. The number of hydrogen-bond donors (Lipinski definition) is 1. The number of halogens is 3. The number of amides is 1. The molecule has 8 heteroatoms. The van der Waals surface area contributed by atoms with Crippen molar-refractivity contribution in [1.82, 2.24) is 10.3 Å². The highest BCUT2D eigenvalue weighted by atomic mass is 19.4. The predicted molar refractivity (Wildman–Crippen MR) is 76.3 cm³/mol. The lowest BCUT2D eigenvalue weighted by atomic mass is 9.94. The van der Waals surface area contributed by atoms with Gasteiger partial charge in [0, 0.05) is 24.9 Å². The molecule has 1 saturated heterocycles. The zero-order valence-corrected chi connectivity index (χ0v) is 12.9. The Labute approximate surface area is 132 Å². The summed E-state index contributed by atoms with van der Waals surface area (Å²) in [6, 6.07) is 2.62. The quantitative estimate of drug-likeness (QED) is 0.921. The molecule has 0 saturated carbocycles. The first-order valence-corrected chi connectivity index (χ1v) is 7.25. The summed E-state index contributed by atoms with van der Waals surface area (Å²) < 4.78 is 46.2. The number of ether oxygens (including phenoxy) is 2. The van der Waals surface area contributed by atoms with Gasteiger partial charge in [-0.05, 0) is 32.8 Å². The number of nitrogens with one attached hydrogen (secondary N) is 1. The van der Waals surface area contributed by atoms with E-state index < -0.39 is 12.8 Å². The zero-order valence-electron chi connectivity index (χ0n) is 12.9. The molecule has 1 aromatic rings. The lowest BCUT2D eigenvalue weighted by Gasteiger charge is -2.35. The number of rotatable bonds is 4. The fraction of sp³-hybridized carbons (Fsp3) is 0.600. The largest absolute Gasteiger partial charge is 0.468 e. The van der Waals surface area contributed by atoms with Crippen LogP contribution in [0.15, 0.2) is 18.3 Å². The Morgan fingerprint density at radius 2 is 2.22 bits per heavy atom. The second kappa shape index (κ2) is 6.74. The Morgan fingerprint density at radius 1 is 1.48 bits per heavy atom. The van der Waals surface area contributed by atoms with E-state index in [0.29, 0.717) is 13.0 Å². The van der Waals surface area contributed by atoms with E-state index in [4.69, 9.17) is 4.74 Å². The van der Waals surface area contributed by atoms with Crippen molar-refractivity contribution in [2.45, 2.75) is 44.5 Å². The third kappa shape index (κ3) is 5.70. The maximum Gasteiger partial charge on any atom is 0.422 e. The van der Waals surface area contributed by atoms with Crippen molar-refractivity contribution in [3.63, 3.8) is 0 Å². The number of carbonyl (C=O) groups excluding carboxylic acids is 1. The number of pyridine rings is 1. The summed E-state index contributed by atoms with van der Waals surface area (Å²) in [7, 11) is 0. The van der Waals surface area contributed by atoms with E-state index in [9.17, 15) is 18.0 Å². The Morgan fingerprint density at radius 3 is 2.78 bits per heavy atom. The van der Waals surface area contributed by atoms with Gasteiger partial charge in [-0.15, -0.1) is 0 Å². The summed E-state index contributed by atoms with van der Waals surface area (Å²) in [5.41, 5.74) is -0.0161. The van der Waals surface area contributed by atoms with E-state index in [0.717, 1.165) is 6.42 Å². The SMILES string of the molecule is CC1(C)CC(NC(=O)c2ccc(OCC(F)(F)F)nc2)CCO1. The molecule has 1 aliphatic rings. The van der Waals surface area contributed by atoms with Crippen molar-refractivity contribution in [3.8, 4) is 5.88 Å². The normalized spacial score (nSPS) is 20.8. The molecule has 1 amide bonds. The molecule has 0 aromatic carbocycles. The molecule has 1 aliphatic heterocycles. The Balaban J connectivity index is 1.90. The van der Waals surface area contributed by atoms with Gasteiger partial charge in [0.15, 0.2) is 6.61 Å². The van der Waals surface area contributed by atoms with E-state index in [1.54, 1.807) is 0 Å². The van der Waals surface area contributed by atoms with Gasteiger partial charge >= 0.3 is 6.18 Å². The number of alkyl halides is 3. The average Bonchev–Trinajstić information content (AvgIpc) is 2.44. The number of aromatic nitrogens is 1. The summed E-state index contributed by atoms with van der Waals surface area (Å²) in [4.78, 5) is 15.9. The van der Waals surface area contributed by atoms with Gasteiger partial charge in [-0.2, -0.15) is 13.2 Å². The summed E-state index contributed by atoms with van der Waals surface area (Å²) in [6.45, 7) is 3.07. The topological polar surface area (TPSA) is 60.5 Å². The van der Waals surface area contributed by atoms with Crippen molar-refractivity contribution in [1.29, 1.82) is 0 Å². The molecule has 0 spiro atoms. The molecule has 1 aromatic heterocycles. The monoisotopic (exact) mass is 332 g/mol. The average molecular weight is 332 g/mol. The summed E-state index contributed by atoms with van der Waals surface area (Å²) in [5.74, 6) is -0.492. The van der Waals surface area contributed by atoms with Crippen molar-refractivity contribution < 1.29 is 27.4 Å². The Kier molecular flexibility index (Phi) is 5.13. The fourth-order valence-corrected chi connectivity index (χ4v) is 2.38. The molecule has 0 radical (unpaired) electrons. The van der Waals surface area contributed by atoms with Gasteiger partial charge in [-0.3, -0.25) is 4.79 Å². The summed E-state index contributed by atoms with van der Waals surface area (Å²) in [6.07, 6.45) is -1.81. The highest BCUT2D eigenvalue weighted by Crippen LogP contribution is 2.24. The summed E-state index contributed by atoms with van der Waals surface area (Å²) >= 11 is 0. The standard InChI is InChI=1S/C15H19F3N2O3/c1-14(2)7-11(5-6-23-14)20-13(21)10-3-4-12(19-8-10)22-9-15(16,17)18/h3-4,8,11H,5-7,9H2,1-2H3,(H,20,21). The molecule has 128 valence electrons. The Bertz CT molecular complexity index is 544. The molecular weight excluding hydrogens is 313 g/mol. The molecule has 5 nitrogen and oxygen atoms in total. The maximum atomic E-state index is 12.1. The van der Waals surface area contributed by atoms with Crippen LogP contribution in [0.2, 0.25) is 0 Å². The number of nitrogens with zero attached hydrogens (tertiary/aromatic N) is 1. The van der Waals surface area contributed by atoms with E-state index in [-0.39, 0.29) is 29.0 Å². The minimum Gasteiger partial charge on any atom is -0.468 e. The fourth-order valence-electron chi connectivity index (χ4n) is 2.38. The second-order valence-electron chi connectivity index (χ2n) is 6.06. The maximum absolute atomic E-state index is 12.1. The molecular formula is C15H19F3N2O3. The second-order valence-corrected chi connectivity index (χ2v) is 6.06. The van der Waals surface area contributed by atoms with Crippen LogP contribution in [-0.2, 0) is 4.74 Å². The van der Waals surface area contributed by atoms with E-state index >= 15 is 0 Å². The molecule has 0 aliphatic carbocycles. The van der Waals surface area contributed by atoms with Crippen LogP contribution in [0.5, 0.6) is 5.88 Å². The smallest absolute Gasteiger partial charge is 0.422 e. The molecule has 2 heterocycles. The van der Waals surface area contributed by atoms with E-state index in [2.05, 4.69) is 15.0 Å². The molecule has 2 rings (SSSR count). The molecule has 0 bridgehead atoms. The van der Waals surface area contributed by atoms with Crippen LogP contribution >= 0.6 is 0 Å². The molecule has 1 atom stereocenters. The van der Waals surface area contributed by atoms with Crippen LogP contribution < -0.4 is 10.1 Å². The highest BCUT2D eigenvalue weighted by molar-refractivity contribution is 5.94. The minimum absolute atomic E-state index is 0.00703. The van der Waals surface area contributed by atoms with Crippen LogP contribution in [0, 0.1) is 0 Å². The van der Waals surface area contributed by atoms with Gasteiger partial charge in [0.05, 0.1) is 11.2 Å². The molecule has 1 N–H and O–H groups in total. The molecule has 1 unspecified atom stereocenters. The van der Waals surface area contributed by atoms with E-state index in [1.165, 1.54) is 18.3 Å². The van der Waals surface area contributed by atoms with Crippen molar-refractivity contribution >= 4 is 5.91 Å². The van der Waals surface area contributed by atoms with Crippen LogP contribution in [0.4, 0.5) is 13.2 Å². The van der Waals surface area contributed by atoms with Crippen molar-refractivity contribution in [2.75, 3.05) is 13.2 Å². The van der Waals surface area contributed by atoms with Gasteiger partial charge in [0.25, 0.3) is 5.91 Å². The first kappa shape index (κ1) is 17.5. The number of carbonyl (C=O) groups is 1. The lowest BCUT2D eigenvalue weighted by Crippen LogP contribution is -2.45. The van der Waals surface area contributed by atoms with Crippen LogP contribution in [0.1, 0.15) is 37.0 Å². The molecule has 23 heavy (non-hydrogen) atoms. The van der Waals surface area contributed by atoms with Crippen LogP contribution in [0.25, 0.3) is 0 Å². The Hall–Kier alpha value is -1.83. The van der Waals surface area contributed by atoms with Gasteiger partial charge in [-0.25, -0.2) is 4.98 Å². The predicted octanol–water partition coefficient (Wildman–Crippen LogP) is 2.71. The minimum atomic E-state index is -4.42. The third-order valence-corrected chi connectivity index (χ3v) is 3.41. The van der Waals surface area contributed by atoms with Crippen molar-refractivity contribution in [2.24, 2.45) is 0 Å². The van der Waals surface area contributed by atoms with E-state index in [1.807, 2.05) is 13.8 Å². The zero-order chi connectivity index (χ0) is 17.1. The van der Waals surface area contributed by atoms with Gasteiger partial charge < -0.3 is 14.8 Å². The van der Waals surface area contributed by atoms with Gasteiger partial charge in [-0.1, -0.05) is 0 Å². The van der Waals surface area contributed by atoms with Crippen LogP contribution in [0.3, 0.4) is 0 Å². The first-order valence-electron chi connectivity index (χ1n) is 7.25. The lowest BCUT2D eigenvalue weighted by molar-refractivity contribution is -0.154. The van der Waals surface area contributed by atoms with Crippen LogP contribution in [-0.4, -0.2) is 41.9 Å². The third-order valence-electron chi connectivity index (χ3n) is 3.41. The van der Waals surface area contributed by atoms with Gasteiger partial charge in [0.1, 0.15) is 0 Å². The highest BCUT2D eigenvalue weighted by Gasteiger charge is 2.30. The van der Waals surface area contributed by atoms with Crippen molar-refractivity contribution in [3.05, 3.63) is 23.9 Å².